The van der Waals surface area contributed by atoms with Crippen molar-refractivity contribution in [2.45, 2.75) is 62.7 Å². The molecule has 1 rings (SSSR count). The quantitative estimate of drug-likeness (QED) is 0.768. The Balaban J connectivity index is 2.39. The van der Waals surface area contributed by atoms with E-state index in [4.69, 9.17) is 5.73 Å². The molecule has 1 aliphatic carbocycles. The van der Waals surface area contributed by atoms with Crippen LogP contribution in [0.1, 0.15) is 51.9 Å². The number of thioether (sulfide) groups is 1. The van der Waals surface area contributed by atoms with Crippen molar-refractivity contribution >= 4 is 17.7 Å². The van der Waals surface area contributed by atoms with Crippen LogP contribution in [-0.2, 0) is 4.79 Å². The third-order valence-electron chi connectivity index (χ3n) is 3.72. The minimum absolute atomic E-state index is 0.0193. The van der Waals surface area contributed by atoms with Gasteiger partial charge in [-0.1, -0.05) is 32.6 Å². The lowest BCUT2D eigenvalue weighted by molar-refractivity contribution is -0.122. The minimum atomic E-state index is -0.331. The van der Waals surface area contributed by atoms with E-state index in [0.29, 0.717) is 0 Å². The molecule has 1 amide bonds. The predicted molar refractivity (Wildman–Crippen MR) is 75.2 cm³/mol. The van der Waals surface area contributed by atoms with Gasteiger partial charge in [-0.25, -0.2) is 0 Å². The standard InChI is InChI=1S/C13H26N2OS/c1-3-7-11(14)12(16)15-10-13(17-2)8-5-4-6-9-13/h11H,3-10,14H2,1-2H3,(H,15,16). The van der Waals surface area contributed by atoms with Gasteiger partial charge in [0.15, 0.2) is 0 Å². The Morgan fingerprint density at radius 1 is 1.41 bits per heavy atom. The minimum Gasteiger partial charge on any atom is -0.353 e. The lowest BCUT2D eigenvalue weighted by Gasteiger charge is -2.36. The maximum absolute atomic E-state index is 11.8. The SMILES string of the molecule is CCCC(N)C(=O)NCC1(SC)CCCCC1. The van der Waals surface area contributed by atoms with Crippen LogP contribution in [0.3, 0.4) is 0 Å². The molecule has 0 spiro atoms. The van der Waals surface area contributed by atoms with Crippen LogP contribution < -0.4 is 11.1 Å². The topological polar surface area (TPSA) is 55.1 Å². The first kappa shape index (κ1) is 14.8. The second-order valence-corrected chi connectivity index (χ2v) is 6.34. The van der Waals surface area contributed by atoms with Gasteiger partial charge < -0.3 is 11.1 Å². The molecule has 1 unspecified atom stereocenters. The number of hydrogen-bond acceptors (Lipinski definition) is 3. The average Bonchev–Trinajstić information content (AvgIpc) is 2.37. The molecular weight excluding hydrogens is 232 g/mol. The lowest BCUT2D eigenvalue weighted by Crippen LogP contribution is -2.47. The van der Waals surface area contributed by atoms with Crippen molar-refractivity contribution in [2.24, 2.45) is 5.73 Å². The zero-order valence-electron chi connectivity index (χ0n) is 11.1. The summed E-state index contributed by atoms with van der Waals surface area (Å²) in [6, 6.07) is -0.331. The van der Waals surface area contributed by atoms with E-state index in [2.05, 4.69) is 18.5 Å². The highest BCUT2D eigenvalue weighted by Crippen LogP contribution is 2.37. The number of carbonyl (C=O) groups is 1. The summed E-state index contributed by atoms with van der Waals surface area (Å²) in [6.07, 6.45) is 10.2. The van der Waals surface area contributed by atoms with Gasteiger partial charge in [-0.05, 0) is 25.5 Å². The van der Waals surface area contributed by atoms with Crippen molar-refractivity contribution < 1.29 is 4.79 Å². The number of rotatable bonds is 6. The molecule has 1 saturated carbocycles. The van der Waals surface area contributed by atoms with Gasteiger partial charge in [0, 0.05) is 11.3 Å². The molecule has 100 valence electrons. The Labute approximate surface area is 109 Å². The van der Waals surface area contributed by atoms with Crippen LogP contribution >= 0.6 is 11.8 Å². The first-order valence-electron chi connectivity index (χ1n) is 6.72. The number of nitrogens with two attached hydrogens (primary N) is 1. The third kappa shape index (κ3) is 4.51. The van der Waals surface area contributed by atoms with Crippen molar-refractivity contribution in [1.29, 1.82) is 0 Å². The summed E-state index contributed by atoms with van der Waals surface area (Å²) in [5.74, 6) is 0.0193. The molecule has 3 nitrogen and oxygen atoms in total. The Bertz CT molecular complexity index is 240. The Morgan fingerprint density at radius 3 is 2.59 bits per heavy atom. The number of nitrogens with one attached hydrogen (secondary N) is 1. The molecule has 1 atom stereocenters. The zero-order valence-corrected chi connectivity index (χ0v) is 11.9. The van der Waals surface area contributed by atoms with Gasteiger partial charge in [-0.2, -0.15) is 11.8 Å². The third-order valence-corrected chi connectivity index (χ3v) is 5.14. The molecule has 17 heavy (non-hydrogen) atoms. The van der Waals surface area contributed by atoms with Gasteiger partial charge in [0.1, 0.15) is 0 Å². The highest BCUT2D eigenvalue weighted by Gasteiger charge is 2.31. The van der Waals surface area contributed by atoms with E-state index < -0.39 is 0 Å². The summed E-state index contributed by atoms with van der Waals surface area (Å²) in [5, 5.41) is 3.04. The maximum Gasteiger partial charge on any atom is 0.236 e. The first-order chi connectivity index (χ1) is 8.13. The van der Waals surface area contributed by atoms with Crippen molar-refractivity contribution in [3.05, 3.63) is 0 Å². The summed E-state index contributed by atoms with van der Waals surface area (Å²) >= 11 is 1.90. The van der Waals surface area contributed by atoms with Gasteiger partial charge in [0.2, 0.25) is 5.91 Å². The normalized spacial score (nSPS) is 20.9. The fourth-order valence-corrected chi connectivity index (χ4v) is 3.38. The number of carbonyl (C=O) groups excluding carboxylic acids is 1. The van der Waals surface area contributed by atoms with Gasteiger partial charge >= 0.3 is 0 Å². The molecule has 0 aromatic carbocycles. The van der Waals surface area contributed by atoms with E-state index in [1.54, 1.807) is 0 Å². The number of amides is 1. The molecule has 3 N–H and O–H groups in total. The van der Waals surface area contributed by atoms with E-state index in [9.17, 15) is 4.79 Å². The van der Waals surface area contributed by atoms with Crippen molar-refractivity contribution in [1.82, 2.24) is 5.32 Å². The molecule has 0 bridgehead atoms. The van der Waals surface area contributed by atoms with Crippen LogP contribution in [-0.4, -0.2) is 29.5 Å². The summed E-state index contributed by atoms with van der Waals surface area (Å²) in [4.78, 5) is 11.8. The summed E-state index contributed by atoms with van der Waals surface area (Å²) < 4.78 is 0.264. The second-order valence-electron chi connectivity index (χ2n) is 5.06. The van der Waals surface area contributed by atoms with E-state index in [1.165, 1.54) is 32.1 Å². The van der Waals surface area contributed by atoms with Gasteiger partial charge in [-0.3, -0.25) is 4.79 Å². The molecule has 0 radical (unpaired) electrons. The summed E-state index contributed by atoms with van der Waals surface area (Å²) in [5.41, 5.74) is 5.81. The number of hydrogen-bond donors (Lipinski definition) is 2. The van der Waals surface area contributed by atoms with Crippen LogP contribution in [0.5, 0.6) is 0 Å². The fourth-order valence-electron chi connectivity index (χ4n) is 2.47. The Hall–Kier alpha value is -0.220. The highest BCUT2D eigenvalue weighted by molar-refractivity contribution is 8.00. The summed E-state index contributed by atoms with van der Waals surface area (Å²) in [6.45, 7) is 2.84. The van der Waals surface area contributed by atoms with E-state index >= 15 is 0 Å². The van der Waals surface area contributed by atoms with Crippen LogP contribution in [0, 0.1) is 0 Å². The molecule has 1 fully saturated rings. The lowest BCUT2D eigenvalue weighted by atomic mass is 9.88. The molecule has 0 aromatic rings. The molecule has 0 heterocycles. The zero-order chi connectivity index (χ0) is 12.7. The second kappa shape index (κ2) is 7.27. The van der Waals surface area contributed by atoms with Crippen molar-refractivity contribution in [2.75, 3.05) is 12.8 Å². The van der Waals surface area contributed by atoms with Gasteiger partial charge in [0.25, 0.3) is 0 Å². The smallest absolute Gasteiger partial charge is 0.236 e. The molecule has 0 aliphatic heterocycles. The van der Waals surface area contributed by atoms with E-state index in [1.807, 2.05) is 11.8 Å². The Kier molecular flexibility index (Phi) is 6.34. The summed E-state index contributed by atoms with van der Waals surface area (Å²) in [7, 11) is 0. The van der Waals surface area contributed by atoms with Crippen LogP contribution in [0.4, 0.5) is 0 Å². The van der Waals surface area contributed by atoms with Crippen LogP contribution in [0.15, 0.2) is 0 Å². The van der Waals surface area contributed by atoms with Crippen molar-refractivity contribution in [3.8, 4) is 0 Å². The largest absolute Gasteiger partial charge is 0.353 e. The average molecular weight is 258 g/mol. The molecule has 0 saturated heterocycles. The highest BCUT2D eigenvalue weighted by atomic mass is 32.2. The predicted octanol–water partition coefficient (Wildman–Crippen LogP) is 2.30. The molecule has 4 heteroatoms. The monoisotopic (exact) mass is 258 g/mol. The van der Waals surface area contributed by atoms with Crippen LogP contribution in [0.25, 0.3) is 0 Å². The van der Waals surface area contributed by atoms with Crippen LogP contribution in [0.2, 0.25) is 0 Å². The van der Waals surface area contributed by atoms with E-state index in [0.717, 1.165) is 19.4 Å². The fraction of sp³-hybridized carbons (Fsp3) is 0.923. The van der Waals surface area contributed by atoms with E-state index in [-0.39, 0.29) is 16.7 Å². The van der Waals surface area contributed by atoms with Gasteiger partial charge in [0.05, 0.1) is 6.04 Å². The van der Waals surface area contributed by atoms with Gasteiger partial charge in [-0.15, -0.1) is 0 Å². The maximum atomic E-state index is 11.8. The molecular formula is C13H26N2OS. The molecule has 0 aromatic heterocycles. The first-order valence-corrected chi connectivity index (χ1v) is 7.94. The van der Waals surface area contributed by atoms with Crippen molar-refractivity contribution in [3.63, 3.8) is 0 Å². The molecule has 1 aliphatic rings. The Morgan fingerprint density at radius 2 is 2.06 bits per heavy atom.